The Bertz CT molecular complexity index is 980. The van der Waals surface area contributed by atoms with Gasteiger partial charge in [-0.1, -0.05) is 173 Å². The van der Waals surface area contributed by atoms with E-state index < -0.39 is 5.97 Å². The van der Waals surface area contributed by atoms with E-state index in [4.69, 9.17) is 4.74 Å². The Morgan fingerprint density at radius 2 is 1.09 bits per heavy atom. The maximum Gasteiger partial charge on any atom is 0.335 e. The summed E-state index contributed by atoms with van der Waals surface area (Å²) in [6, 6.07) is 14.4. The molecule has 2 rings (SSSR count). The molecule has 1 N–H and O–H groups in total. The van der Waals surface area contributed by atoms with Crippen molar-refractivity contribution in [2.75, 3.05) is 6.61 Å². The van der Waals surface area contributed by atoms with E-state index in [1.807, 2.05) is 12.1 Å². The smallest absolute Gasteiger partial charge is 0.335 e. The monoisotopic (exact) mass is 607 g/mol. The molecule has 0 aromatic heterocycles. The van der Waals surface area contributed by atoms with Crippen LogP contribution in [0.4, 0.5) is 0 Å². The van der Waals surface area contributed by atoms with E-state index >= 15 is 0 Å². The van der Waals surface area contributed by atoms with Crippen molar-refractivity contribution in [1.82, 2.24) is 0 Å². The zero-order valence-electron chi connectivity index (χ0n) is 28.9. The van der Waals surface area contributed by atoms with Crippen LogP contribution in [0.15, 0.2) is 42.5 Å². The van der Waals surface area contributed by atoms with Crippen molar-refractivity contribution in [3.8, 4) is 11.1 Å². The zero-order chi connectivity index (χ0) is 31.7. The Morgan fingerprint density at radius 1 is 0.614 bits per heavy atom. The van der Waals surface area contributed by atoms with Gasteiger partial charge >= 0.3 is 5.97 Å². The second-order valence-electron chi connectivity index (χ2n) is 13.0. The quantitative estimate of drug-likeness (QED) is 0.0980. The summed E-state index contributed by atoms with van der Waals surface area (Å²) in [7, 11) is 0. The molecule has 44 heavy (non-hydrogen) atoms. The summed E-state index contributed by atoms with van der Waals surface area (Å²) >= 11 is 0. The summed E-state index contributed by atoms with van der Waals surface area (Å²) in [6.45, 7) is 7.41. The van der Waals surface area contributed by atoms with Crippen LogP contribution in [-0.4, -0.2) is 17.7 Å². The second-order valence-corrected chi connectivity index (χ2v) is 13.0. The maximum absolute atomic E-state index is 11.8. The molecule has 1 unspecified atom stereocenters. The van der Waals surface area contributed by atoms with Crippen LogP contribution in [0.3, 0.4) is 0 Å². The molecule has 0 aliphatic carbocycles. The highest BCUT2D eigenvalue weighted by Crippen LogP contribution is 2.33. The van der Waals surface area contributed by atoms with Crippen molar-refractivity contribution in [3.05, 3.63) is 59.2 Å². The molecular weight excluding hydrogens is 540 g/mol. The maximum atomic E-state index is 11.8. The van der Waals surface area contributed by atoms with Crippen LogP contribution < -0.4 is 0 Å². The van der Waals surface area contributed by atoms with Crippen LogP contribution in [-0.2, 0) is 11.2 Å². The molecule has 0 amide bonds. The third-order valence-corrected chi connectivity index (χ3v) is 9.17. The molecule has 3 heteroatoms. The zero-order valence-corrected chi connectivity index (χ0v) is 28.9. The molecule has 1 atom stereocenters. The third kappa shape index (κ3) is 16.3. The predicted octanol–water partition coefficient (Wildman–Crippen LogP) is 13.3. The average Bonchev–Trinajstić information content (AvgIpc) is 3.04. The highest BCUT2D eigenvalue weighted by molar-refractivity contribution is 5.89. The molecule has 0 bridgehead atoms. The van der Waals surface area contributed by atoms with Gasteiger partial charge in [0, 0.05) is 6.61 Å². The predicted molar refractivity (Wildman–Crippen MR) is 190 cm³/mol. The first-order valence-corrected chi connectivity index (χ1v) is 18.7. The molecule has 0 saturated heterocycles. The van der Waals surface area contributed by atoms with Gasteiger partial charge in [0.15, 0.2) is 0 Å². The molecule has 0 aliphatic heterocycles. The van der Waals surface area contributed by atoms with Gasteiger partial charge in [-0.05, 0) is 60.1 Å². The van der Waals surface area contributed by atoms with Gasteiger partial charge in [-0.3, -0.25) is 0 Å². The van der Waals surface area contributed by atoms with Crippen molar-refractivity contribution < 1.29 is 14.6 Å². The summed E-state index contributed by atoms with van der Waals surface area (Å²) < 4.78 is 6.41. The first kappa shape index (κ1) is 38.1. The minimum Gasteiger partial charge on any atom is -0.478 e. The lowest BCUT2D eigenvalue weighted by molar-refractivity contribution is 0.0475. The number of carboxylic acids is 1. The second kappa shape index (κ2) is 25.1. The largest absolute Gasteiger partial charge is 0.478 e. The van der Waals surface area contributed by atoms with E-state index in [2.05, 4.69) is 45.0 Å². The number of hydrogen-bond donors (Lipinski definition) is 1. The van der Waals surface area contributed by atoms with Crippen molar-refractivity contribution in [1.29, 1.82) is 0 Å². The number of aromatic carboxylic acids is 1. The minimum atomic E-state index is -0.885. The number of carboxylic acid groups (broad SMARTS) is 1. The first-order valence-electron chi connectivity index (χ1n) is 18.7. The fourth-order valence-corrected chi connectivity index (χ4v) is 6.31. The first-order chi connectivity index (χ1) is 21.6. The lowest BCUT2D eigenvalue weighted by Crippen LogP contribution is -2.08. The van der Waals surface area contributed by atoms with Gasteiger partial charge in [0.25, 0.3) is 0 Å². The molecular formula is C41H66O3. The summed E-state index contributed by atoms with van der Waals surface area (Å²) in [4.78, 5) is 11.8. The Kier molecular flexibility index (Phi) is 21.7. The highest BCUT2D eigenvalue weighted by Gasteiger charge is 2.18. The lowest BCUT2D eigenvalue weighted by atomic mass is 9.92. The number of ether oxygens (including phenoxy) is 1. The lowest BCUT2D eigenvalue weighted by Gasteiger charge is -2.21. The highest BCUT2D eigenvalue weighted by atomic mass is 16.5. The van der Waals surface area contributed by atoms with E-state index in [1.165, 1.54) is 134 Å². The van der Waals surface area contributed by atoms with Gasteiger partial charge in [0.05, 0.1) is 11.7 Å². The average molecular weight is 607 g/mol. The number of rotatable bonds is 28. The van der Waals surface area contributed by atoms with E-state index in [0.717, 1.165) is 42.6 Å². The van der Waals surface area contributed by atoms with Crippen LogP contribution in [0, 0.1) is 0 Å². The van der Waals surface area contributed by atoms with E-state index in [0.29, 0.717) is 5.56 Å². The number of unbranched alkanes of at least 4 members (excludes halogenated alkanes) is 19. The minimum absolute atomic E-state index is 0.0983. The number of carbonyl (C=O) groups is 1. The topological polar surface area (TPSA) is 46.5 Å². The Hall–Kier alpha value is -2.13. The molecule has 3 nitrogen and oxygen atoms in total. The molecule has 0 heterocycles. The molecule has 2 aromatic carbocycles. The summed E-state index contributed by atoms with van der Waals surface area (Å²) in [5, 5.41) is 9.69. The molecule has 0 fully saturated rings. The van der Waals surface area contributed by atoms with Crippen LogP contribution in [0.1, 0.15) is 190 Å². The Labute approximate surface area is 271 Å². The molecule has 0 saturated carbocycles. The summed E-state index contributed by atoms with van der Waals surface area (Å²) in [5.41, 5.74) is 4.92. The number of aryl methyl sites for hydroxylation is 1. The SMILES string of the molecule is CCCCCCCCCCCCCCCCCCOC(CC)c1cc(C(=O)O)ccc1-c1ccc(CCCCCCC)cc1. The Morgan fingerprint density at radius 3 is 1.57 bits per heavy atom. The Balaban J connectivity index is 1.72. The molecule has 0 radical (unpaired) electrons. The van der Waals surface area contributed by atoms with Crippen molar-refractivity contribution in [2.24, 2.45) is 0 Å². The van der Waals surface area contributed by atoms with Crippen LogP contribution >= 0.6 is 0 Å². The van der Waals surface area contributed by atoms with Gasteiger partial charge in [0.2, 0.25) is 0 Å². The standard InChI is InChI=1S/C41H66O3/c1-4-7-9-11-12-13-14-15-16-17-18-19-20-21-23-25-33-44-40(6-3)39-34-37(41(42)43)31-32-38(39)36-29-27-35(28-30-36)26-24-22-10-8-5-2/h27-32,34,40H,4-26,33H2,1-3H3,(H,42,43). The van der Waals surface area contributed by atoms with E-state index in [-0.39, 0.29) is 6.10 Å². The third-order valence-electron chi connectivity index (χ3n) is 9.17. The van der Waals surface area contributed by atoms with Gasteiger partial charge < -0.3 is 9.84 Å². The molecule has 0 aliphatic rings. The van der Waals surface area contributed by atoms with Crippen LogP contribution in [0.25, 0.3) is 11.1 Å². The van der Waals surface area contributed by atoms with Crippen molar-refractivity contribution in [2.45, 2.75) is 175 Å². The summed E-state index contributed by atoms with van der Waals surface area (Å²) in [5.74, 6) is -0.885. The number of hydrogen-bond acceptors (Lipinski definition) is 2. The van der Waals surface area contributed by atoms with Gasteiger partial charge in [0.1, 0.15) is 0 Å². The normalized spacial score (nSPS) is 12.1. The molecule has 0 spiro atoms. The summed E-state index contributed by atoms with van der Waals surface area (Å²) in [6.07, 6.45) is 30.1. The fourth-order valence-electron chi connectivity index (χ4n) is 6.31. The fraction of sp³-hybridized carbons (Fsp3) is 0.683. The van der Waals surface area contributed by atoms with Crippen molar-refractivity contribution in [3.63, 3.8) is 0 Å². The number of benzene rings is 2. The molecule has 248 valence electrons. The van der Waals surface area contributed by atoms with Gasteiger partial charge in [-0.15, -0.1) is 0 Å². The van der Waals surface area contributed by atoms with Gasteiger partial charge in [-0.2, -0.15) is 0 Å². The van der Waals surface area contributed by atoms with E-state index in [9.17, 15) is 9.90 Å². The van der Waals surface area contributed by atoms with E-state index in [1.54, 1.807) is 6.07 Å². The van der Waals surface area contributed by atoms with Crippen LogP contribution in [0.5, 0.6) is 0 Å². The molecule has 2 aromatic rings. The van der Waals surface area contributed by atoms with Gasteiger partial charge in [-0.25, -0.2) is 4.79 Å². The van der Waals surface area contributed by atoms with Crippen LogP contribution in [0.2, 0.25) is 0 Å². The van der Waals surface area contributed by atoms with Crippen molar-refractivity contribution >= 4 is 5.97 Å².